The second-order valence-electron chi connectivity index (χ2n) is 6.09. The van der Waals surface area contributed by atoms with Crippen LogP contribution in [0.3, 0.4) is 0 Å². The van der Waals surface area contributed by atoms with Crippen LogP contribution in [-0.4, -0.2) is 16.8 Å². The summed E-state index contributed by atoms with van der Waals surface area (Å²) >= 11 is 6.06. The van der Waals surface area contributed by atoms with Crippen molar-refractivity contribution in [3.63, 3.8) is 0 Å². The molecule has 0 unspecified atom stereocenters. The van der Waals surface area contributed by atoms with E-state index in [2.05, 4.69) is 15.6 Å². The molecule has 6 heteroatoms. The maximum atomic E-state index is 12.5. The monoisotopic (exact) mass is 345 g/mol. The molecule has 0 radical (unpaired) electrons. The number of hydrogen-bond donors (Lipinski definition) is 2. The van der Waals surface area contributed by atoms with Crippen molar-refractivity contribution >= 4 is 29.1 Å². The van der Waals surface area contributed by atoms with Gasteiger partial charge >= 0.3 is 0 Å². The minimum absolute atomic E-state index is 0.319. The lowest BCUT2D eigenvalue weighted by atomic mass is 9.90. The lowest BCUT2D eigenvalue weighted by molar-refractivity contribution is -0.138. The number of aryl methyl sites for hydroxylation is 1. The Bertz CT molecular complexity index is 745. The van der Waals surface area contributed by atoms with Gasteiger partial charge in [-0.25, -0.2) is 0 Å². The van der Waals surface area contributed by atoms with Crippen molar-refractivity contribution in [3.05, 3.63) is 58.9 Å². The quantitative estimate of drug-likeness (QED) is 0.816. The third-order valence-corrected chi connectivity index (χ3v) is 4.15. The number of amides is 2. The van der Waals surface area contributed by atoms with Crippen LogP contribution in [0.1, 0.15) is 25.0 Å². The molecule has 0 atom stereocenters. The summed E-state index contributed by atoms with van der Waals surface area (Å²) in [5, 5.41) is 6.06. The van der Waals surface area contributed by atoms with Crippen LogP contribution >= 0.6 is 11.6 Å². The van der Waals surface area contributed by atoms with Crippen molar-refractivity contribution in [2.75, 3.05) is 5.32 Å². The first-order valence-corrected chi connectivity index (χ1v) is 7.93. The average molecular weight is 346 g/mol. The Labute approximate surface area is 146 Å². The number of rotatable bonds is 5. The smallest absolute Gasteiger partial charge is 0.239 e. The molecule has 1 aromatic heterocycles. The summed E-state index contributed by atoms with van der Waals surface area (Å²) in [4.78, 5) is 28.8. The van der Waals surface area contributed by atoms with Gasteiger partial charge in [0, 0.05) is 29.6 Å². The van der Waals surface area contributed by atoms with E-state index in [1.807, 2.05) is 19.1 Å². The number of anilines is 1. The molecule has 1 aromatic carbocycles. The minimum atomic E-state index is -1.22. The Balaban J connectivity index is 2.00. The van der Waals surface area contributed by atoms with Crippen molar-refractivity contribution in [3.8, 4) is 0 Å². The maximum Gasteiger partial charge on any atom is 0.239 e. The first-order chi connectivity index (χ1) is 11.3. The van der Waals surface area contributed by atoms with E-state index in [9.17, 15) is 9.59 Å². The molecule has 5 nitrogen and oxygen atoms in total. The lowest BCUT2D eigenvalue weighted by Gasteiger charge is -2.23. The van der Waals surface area contributed by atoms with Gasteiger partial charge in [0.25, 0.3) is 0 Å². The highest BCUT2D eigenvalue weighted by Gasteiger charge is 2.36. The highest BCUT2D eigenvalue weighted by Crippen LogP contribution is 2.23. The molecule has 0 fully saturated rings. The molecule has 2 rings (SSSR count). The predicted molar refractivity (Wildman–Crippen MR) is 94.7 cm³/mol. The van der Waals surface area contributed by atoms with Crippen molar-refractivity contribution < 1.29 is 9.59 Å². The second-order valence-corrected chi connectivity index (χ2v) is 6.49. The van der Waals surface area contributed by atoms with Crippen LogP contribution in [0.2, 0.25) is 5.02 Å². The number of hydrogen-bond acceptors (Lipinski definition) is 3. The minimum Gasteiger partial charge on any atom is -0.351 e. The van der Waals surface area contributed by atoms with Crippen LogP contribution in [0.4, 0.5) is 5.69 Å². The van der Waals surface area contributed by atoms with E-state index in [1.165, 1.54) is 0 Å². The molecule has 0 aliphatic carbocycles. The molecule has 2 N–H and O–H groups in total. The fourth-order valence-corrected chi connectivity index (χ4v) is 2.15. The molecule has 0 bridgehead atoms. The number of carbonyl (C=O) groups is 2. The van der Waals surface area contributed by atoms with E-state index in [0.717, 1.165) is 11.1 Å². The molecule has 0 saturated heterocycles. The third-order valence-electron chi connectivity index (χ3n) is 3.74. The average Bonchev–Trinajstić information content (AvgIpc) is 2.56. The number of halogens is 1. The highest BCUT2D eigenvalue weighted by atomic mass is 35.5. The molecule has 0 aliphatic rings. The van der Waals surface area contributed by atoms with Crippen molar-refractivity contribution in [2.45, 2.75) is 27.3 Å². The van der Waals surface area contributed by atoms with E-state index in [4.69, 9.17) is 11.6 Å². The maximum absolute atomic E-state index is 12.5. The van der Waals surface area contributed by atoms with Gasteiger partial charge in [-0.05, 0) is 50.1 Å². The summed E-state index contributed by atoms with van der Waals surface area (Å²) in [6, 6.07) is 8.88. The summed E-state index contributed by atoms with van der Waals surface area (Å²) < 4.78 is 0. The second kappa shape index (κ2) is 7.45. The Kier molecular flexibility index (Phi) is 5.57. The van der Waals surface area contributed by atoms with Gasteiger partial charge in [0.05, 0.1) is 0 Å². The van der Waals surface area contributed by atoms with Gasteiger partial charge in [-0.3, -0.25) is 14.6 Å². The van der Waals surface area contributed by atoms with E-state index in [-0.39, 0.29) is 5.91 Å². The number of nitrogens with zero attached hydrogens (tertiary/aromatic N) is 1. The topological polar surface area (TPSA) is 71.1 Å². The van der Waals surface area contributed by atoms with Crippen LogP contribution in [-0.2, 0) is 16.1 Å². The highest BCUT2D eigenvalue weighted by molar-refractivity contribution is 6.31. The SMILES string of the molecule is Cc1ccc(NC(=O)C(C)(C)C(=O)NCc2cccnc2)cc1Cl. The molecular weight excluding hydrogens is 326 g/mol. The van der Waals surface area contributed by atoms with Gasteiger partial charge in [-0.2, -0.15) is 0 Å². The normalized spacial score (nSPS) is 11.0. The first kappa shape index (κ1) is 17.9. The fraction of sp³-hybridized carbons (Fsp3) is 0.278. The fourth-order valence-electron chi connectivity index (χ4n) is 1.97. The summed E-state index contributed by atoms with van der Waals surface area (Å²) in [5.41, 5.74) is 1.12. The van der Waals surface area contributed by atoms with Gasteiger partial charge in [0.15, 0.2) is 0 Å². The standard InChI is InChI=1S/C18H20ClN3O2/c1-12-6-7-14(9-15(12)19)22-17(24)18(2,3)16(23)21-11-13-5-4-8-20-10-13/h4-10H,11H2,1-3H3,(H,21,23)(H,22,24). The number of carbonyl (C=O) groups excluding carboxylic acids is 2. The zero-order valence-corrected chi connectivity index (χ0v) is 14.6. The van der Waals surface area contributed by atoms with E-state index >= 15 is 0 Å². The summed E-state index contributed by atoms with van der Waals surface area (Å²) in [6.07, 6.45) is 3.33. The molecule has 0 saturated carbocycles. The van der Waals surface area contributed by atoms with Gasteiger partial charge < -0.3 is 10.6 Å². The van der Waals surface area contributed by atoms with Crippen molar-refractivity contribution in [2.24, 2.45) is 5.41 Å². The van der Waals surface area contributed by atoms with Gasteiger partial charge in [-0.15, -0.1) is 0 Å². The molecule has 126 valence electrons. The zero-order valence-electron chi connectivity index (χ0n) is 13.9. The summed E-state index contributed by atoms with van der Waals surface area (Å²) in [5.74, 6) is -0.756. The van der Waals surface area contributed by atoms with Crippen molar-refractivity contribution in [1.82, 2.24) is 10.3 Å². The summed E-state index contributed by atoms with van der Waals surface area (Å²) in [6.45, 7) is 5.36. The molecule has 0 spiro atoms. The lowest BCUT2D eigenvalue weighted by Crippen LogP contribution is -2.44. The molecule has 0 aliphatic heterocycles. The van der Waals surface area contributed by atoms with Crippen molar-refractivity contribution in [1.29, 1.82) is 0 Å². The van der Waals surface area contributed by atoms with Crippen LogP contribution in [0.25, 0.3) is 0 Å². The number of nitrogens with one attached hydrogen (secondary N) is 2. The Hall–Kier alpha value is -2.40. The first-order valence-electron chi connectivity index (χ1n) is 7.55. The largest absolute Gasteiger partial charge is 0.351 e. The third kappa shape index (κ3) is 4.32. The molecule has 1 heterocycles. The summed E-state index contributed by atoms with van der Waals surface area (Å²) in [7, 11) is 0. The number of pyridine rings is 1. The Morgan fingerprint density at radius 3 is 2.58 bits per heavy atom. The number of aromatic nitrogens is 1. The molecule has 2 aromatic rings. The van der Waals surface area contributed by atoms with Crippen LogP contribution in [0.15, 0.2) is 42.7 Å². The van der Waals surface area contributed by atoms with E-state index < -0.39 is 11.3 Å². The van der Waals surface area contributed by atoms with Gasteiger partial charge in [-0.1, -0.05) is 23.7 Å². The van der Waals surface area contributed by atoms with E-state index in [0.29, 0.717) is 17.3 Å². The van der Waals surface area contributed by atoms with E-state index in [1.54, 1.807) is 44.4 Å². The Morgan fingerprint density at radius 1 is 1.21 bits per heavy atom. The molecule has 24 heavy (non-hydrogen) atoms. The zero-order chi connectivity index (χ0) is 17.7. The molecular formula is C18H20ClN3O2. The van der Waals surface area contributed by atoms with Crippen LogP contribution < -0.4 is 10.6 Å². The predicted octanol–water partition coefficient (Wildman–Crippen LogP) is 3.32. The Morgan fingerprint density at radius 2 is 1.96 bits per heavy atom. The van der Waals surface area contributed by atoms with Gasteiger partial charge in [0.1, 0.15) is 5.41 Å². The molecule has 2 amide bonds. The number of benzene rings is 1. The van der Waals surface area contributed by atoms with Crippen LogP contribution in [0, 0.1) is 12.3 Å². The van der Waals surface area contributed by atoms with Gasteiger partial charge in [0.2, 0.25) is 11.8 Å². The van der Waals surface area contributed by atoms with Crippen LogP contribution in [0.5, 0.6) is 0 Å².